The van der Waals surface area contributed by atoms with Crippen molar-refractivity contribution in [3.8, 4) is 0 Å². The number of H-pyrrole nitrogens is 1. The van der Waals surface area contributed by atoms with Crippen molar-refractivity contribution < 1.29 is 9.53 Å². The zero-order chi connectivity index (χ0) is 15.8. The molecule has 2 N–H and O–H groups in total. The highest BCUT2D eigenvalue weighted by Crippen LogP contribution is 2.29. The SMILES string of the molecule is Cn1cc([C@H]2OCC[C@@H]2NC(=O)c2ccc3[nH]ccc3c2)cn1. The molecule has 6 nitrogen and oxygen atoms in total. The average Bonchev–Trinajstić information content (AvgIpc) is 3.26. The molecule has 2 atom stereocenters. The van der Waals surface area contributed by atoms with E-state index in [4.69, 9.17) is 4.74 Å². The Balaban J connectivity index is 1.53. The van der Waals surface area contributed by atoms with Crippen LogP contribution >= 0.6 is 0 Å². The van der Waals surface area contributed by atoms with E-state index in [1.165, 1.54) is 0 Å². The standard InChI is InChI=1S/C17H18N4O2/c1-21-10-13(9-19-21)16-15(5-7-23-16)20-17(22)12-2-3-14-11(8-12)4-6-18-14/h2-4,6,8-10,15-16,18H,5,7H2,1H3,(H,20,22)/t15-,16+/m0/s1. The number of aryl methyl sites for hydroxylation is 1. The highest BCUT2D eigenvalue weighted by atomic mass is 16.5. The second kappa shape index (κ2) is 5.55. The van der Waals surface area contributed by atoms with Crippen LogP contribution in [0.2, 0.25) is 0 Å². The number of nitrogens with zero attached hydrogens (tertiary/aromatic N) is 2. The lowest BCUT2D eigenvalue weighted by molar-refractivity contribution is 0.0821. The summed E-state index contributed by atoms with van der Waals surface area (Å²) in [5.74, 6) is -0.0718. The van der Waals surface area contributed by atoms with Crippen molar-refractivity contribution >= 4 is 16.8 Å². The van der Waals surface area contributed by atoms with Gasteiger partial charge in [0.05, 0.1) is 12.2 Å². The van der Waals surface area contributed by atoms with E-state index in [1.807, 2.05) is 43.7 Å². The molecule has 23 heavy (non-hydrogen) atoms. The number of rotatable bonds is 3. The van der Waals surface area contributed by atoms with E-state index in [9.17, 15) is 4.79 Å². The molecule has 3 heterocycles. The Morgan fingerprint density at radius 3 is 3.17 bits per heavy atom. The van der Waals surface area contributed by atoms with Crippen molar-refractivity contribution in [2.45, 2.75) is 18.6 Å². The number of amides is 1. The summed E-state index contributed by atoms with van der Waals surface area (Å²) < 4.78 is 7.53. The quantitative estimate of drug-likeness (QED) is 0.778. The minimum absolute atomic E-state index is 0.0337. The smallest absolute Gasteiger partial charge is 0.251 e. The van der Waals surface area contributed by atoms with Crippen LogP contribution in [0, 0.1) is 0 Å². The fourth-order valence-corrected chi connectivity index (χ4v) is 3.10. The molecule has 0 saturated carbocycles. The molecule has 3 aromatic rings. The van der Waals surface area contributed by atoms with Gasteiger partial charge in [0.2, 0.25) is 0 Å². The summed E-state index contributed by atoms with van der Waals surface area (Å²) in [6.07, 6.45) is 6.26. The number of aromatic amines is 1. The molecule has 1 aromatic carbocycles. The molecular weight excluding hydrogens is 292 g/mol. The molecule has 1 fully saturated rings. The maximum atomic E-state index is 12.6. The Hall–Kier alpha value is -2.60. The number of fused-ring (bicyclic) bond motifs is 1. The summed E-state index contributed by atoms with van der Waals surface area (Å²) in [4.78, 5) is 15.7. The normalized spacial score (nSPS) is 20.9. The number of carbonyl (C=O) groups is 1. The average molecular weight is 310 g/mol. The van der Waals surface area contributed by atoms with Crippen LogP contribution in [-0.4, -0.2) is 33.3 Å². The third kappa shape index (κ3) is 2.61. The first-order valence-corrected chi connectivity index (χ1v) is 7.69. The monoisotopic (exact) mass is 310 g/mol. The Bertz CT molecular complexity index is 851. The molecule has 0 spiro atoms. The third-order valence-electron chi connectivity index (χ3n) is 4.28. The lowest BCUT2D eigenvalue weighted by Gasteiger charge is -2.18. The van der Waals surface area contributed by atoms with E-state index in [2.05, 4.69) is 15.4 Å². The number of benzene rings is 1. The van der Waals surface area contributed by atoms with Gasteiger partial charge in [0.25, 0.3) is 5.91 Å². The summed E-state index contributed by atoms with van der Waals surface area (Å²) >= 11 is 0. The molecule has 0 radical (unpaired) electrons. The fourth-order valence-electron chi connectivity index (χ4n) is 3.10. The summed E-state index contributed by atoms with van der Waals surface area (Å²) in [6.45, 7) is 0.640. The molecular formula is C17H18N4O2. The van der Waals surface area contributed by atoms with E-state index in [0.29, 0.717) is 12.2 Å². The predicted octanol–water partition coefficient (Wildman–Crippen LogP) is 2.16. The van der Waals surface area contributed by atoms with Crippen LogP contribution in [0.15, 0.2) is 42.9 Å². The van der Waals surface area contributed by atoms with Crippen LogP contribution in [0.1, 0.15) is 28.4 Å². The van der Waals surface area contributed by atoms with Crippen LogP contribution in [0.3, 0.4) is 0 Å². The van der Waals surface area contributed by atoms with Crippen LogP contribution in [0.25, 0.3) is 10.9 Å². The van der Waals surface area contributed by atoms with Crippen molar-refractivity contribution in [3.05, 3.63) is 54.0 Å². The molecule has 6 heteroatoms. The summed E-state index contributed by atoms with van der Waals surface area (Å²) in [5.41, 5.74) is 2.68. The molecule has 4 rings (SSSR count). The van der Waals surface area contributed by atoms with Crippen LogP contribution in [0.4, 0.5) is 0 Å². The number of ether oxygens (including phenoxy) is 1. The van der Waals surface area contributed by atoms with Crippen LogP contribution < -0.4 is 5.32 Å². The Morgan fingerprint density at radius 2 is 2.35 bits per heavy atom. The molecule has 1 aliphatic heterocycles. The minimum atomic E-state index is -0.136. The van der Waals surface area contributed by atoms with E-state index in [0.717, 1.165) is 22.9 Å². The van der Waals surface area contributed by atoms with Gasteiger partial charge in [-0.25, -0.2) is 0 Å². The summed E-state index contributed by atoms with van der Waals surface area (Å²) in [5, 5.41) is 8.31. The lowest BCUT2D eigenvalue weighted by Crippen LogP contribution is -2.36. The van der Waals surface area contributed by atoms with Gasteiger partial charge in [0.1, 0.15) is 6.10 Å². The number of aromatic nitrogens is 3. The zero-order valence-electron chi connectivity index (χ0n) is 12.8. The molecule has 1 saturated heterocycles. The van der Waals surface area contributed by atoms with Crippen molar-refractivity contribution in [2.75, 3.05) is 6.61 Å². The van der Waals surface area contributed by atoms with Crippen molar-refractivity contribution in [1.82, 2.24) is 20.1 Å². The lowest BCUT2D eigenvalue weighted by atomic mass is 10.0. The first-order chi connectivity index (χ1) is 11.2. The van der Waals surface area contributed by atoms with Gasteiger partial charge in [-0.2, -0.15) is 5.10 Å². The third-order valence-corrected chi connectivity index (χ3v) is 4.28. The first-order valence-electron chi connectivity index (χ1n) is 7.69. The van der Waals surface area contributed by atoms with E-state index >= 15 is 0 Å². The second-order valence-corrected chi connectivity index (χ2v) is 5.89. The largest absolute Gasteiger partial charge is 0.371 e. The van der Waals surface area contributed by atoms with Gasteiger partial charge < -0.3 is 15.0 Å². The first kappa shape index (κ1) is 14.0. The van der Waals surface area contributed by atoms with Crippen LogP contribution in [-0.2, 0) is 11.8 Å². The fraction of sp³-hybridized carbons (Fsp3) is 0.294. The molecule has 0 unspecified atom stereocenters. The number of nitrogens with one attached hydrogen (secondary N) is 2. The Labute approximate surface area is 133 Å². The topological polar surface area (TPSA) is 71.9 Å². The molecule has 2 aromatic heterocycles. The molecule has 1 aliphatic rings. The zero-order valence-corrected chi connectivity index (χ0v) is 12.8. The maximum absolute atomic E-state index is 12.6. The minimum Gasteiger partial charge on any atom is -0.371 e. The van der Waals surface area contributed by atoms with Gasteiger partial charge in [-0.1, -0.05) is 0 Å². The molecule has 1 amide bonds. The van der Waals surface area contributed by atoms with Crippen LogP contribution in [0.5, 0.6) is 0 Å². The Kier molecular flexibility index (Phi) is 3.38. The van der Waals surface area contributed by atoms with E-state index in [-0.39, 0.29) is 18.1 Å². The van der Waals surface area contributed by atoms with Crippen molar-refractivity contribution in [1.29, 1.82) is 0 Å². The van der Waals surface area contributed by atoms with E-state index in [1.54, 1.807) is 10.9 Å². The number of hydrogen-bond acceptors (Lipinski definition) is 3. The highest BCUT2D eigenvalue weighted by Gasteiger charge is 2.32. The predicted molar refractivity (Wildman–Crippen MR) is 86.1 cm³/mol. The van der Waals surface area contributed by atoms with Crippen molar-refractivity contribution in [3.63, 3.8) is 0 Å². The Morgan fingerprint density at radius 1 is 1.43 bits per heavy atom. The molecule has 118 valence electrons. The van der Waals surface area contributed by atoms with Gasteiger partial charge in [-0.15, -0.1) is 0 Å². The van der Waals surface area contributed by atoms with Gasteiger partial charge in [-0.3, -0.25) is 9.48 Å². The molecule has 0 aliphatic carbocycles. The maximum Gasteiger partial charge on any atom is 0.251 e. The van der Waals surface area contributed by atoms with E-state index < -0.39 is 0 Å². The second-order valence-electron chi connectivity index (χ2n) is 5.89. The number of hydrogen-bond donors (Lipinski definition) is 2. The van der Waals surface area contributed by atoms with Gasteiger partial charge in [0, 0.05) is 48.1 Å². The van der Waals surface area contributed by atoms with Crippen molar-refractivity contribution in [2.24, 2.45) is 7.05 Å². The number of carbonyl (C=O) groups excluding carboxylic acids is 1. The highest BCUT2D eigenvalue weighted by molar-refractivity contribution is 5.98. The molecule has 0 bridgehead atoms. The van der Waals surface area contributed by atoms with Gasteiger partial charge in [-0.05, 0) is 30.7 Å². The summed E-state index contributed by atoms with van der Waals surface area (Å²) in [7, 11) is 1.87. The van der Waals surface area contributed by atoms with Gasteiger partial charge >= 0.3 is 0 Å². The summed E-state index contributed by atoms with van der Waals surface area (Å²) in [6, 6.07) is 7.59. The van der Waals surface area contributed by atoms with Gasteiger partial charge in [0.15, 0.2) is 0 Å².